The summed E-state index contributed by atoms with van der Waals surface area (Å²) in [5, 5.41) is 8.96. The third-order valence-electron chi connectivity index (χ3n) is 2.74. The van der Waals surface area contributed by atoms with Gasteiger partial charge in [0.05, 0.1) is 12.2 Å². The number of anilines is 1. The van der Waals surface area contributed by atoms with Crippen molar-refractivity contribution in [3.63, 3.8) is 0 Å². The smallest absolute Gasteiger partial charge is 0.395 e. The highest BCUT2D eigenvalue weighted by Gasteiger charge is 2.35. The molecule has 19 heavy (non-hydrogen) atoms. The van der Waals surface area contributed by atoms with Gasteiger partial charge in [0.1, 0.15) is 6.29 Å². The number of benzene rings is 1. The molecule has 0 aliphatic rings. The molecule has 0 heterocycles. The van der Waals surface area contributed by atoms with E-state index >= 15 is 0 Å². The van der Waals surface area contributed by atoms with Crippen LogP contribution in [0.5, 0.6) is 0 Å². The number of carbonyl (C=O) groups excluding carboxylic acids is 1. The fourth-order valence-electron chi connectivity index (χ4n) is 1.87. The van der Waals surface area contributed by atoms with Gasteiger partial charge in [-0.2, -0.15) is 13.2 Å². The molecule has 0 fully saturated rings. The lowest BCUT2D eigenvalue weighted by Crippen LogP contribution is -2.35. The number of aliphatic hydroxyl groups excluding tert-OH is 1. The van der Waals surface area contributed by atoms with Crippen LogP contribution in [-0.2, 0) is 6.18 Å². The number of aliphatic hydroxyl groups is 1. The normalized spacial score (nSPS) is 11.7. The quantitative estimate of drug-likeness (QED) is 0.840. The standard InChI is InChI=1S/C13H16F3NO2/c1-9(2)17(5-6-18)12-4-3-10(8-19)7-11(12)13(14,15)16/h3-4,7-9,18H,5-6H2,1-2H3. The van der Waals surface area contributed by atoms with Crippen LogP contribution in [0.2, 0.25) is 0 Å². The van der Waals surface area contributed by atoms with Crippen molar-refractivity contribution in [1.82, 2.24) is 0 Å². The summed E-state index contributed by atoms with van der Waals surface area (Å²) in [7, 11) is 0. The van der Waals surface area contributed by atoms with Crippen LogP contribution < -0.4 is 4.90 Å². The van der Waals surface area contributed by atoms with Gasteiger partial charge in [0.25, 0.3) is 0 Å². The maximum atomic E-state index is 13.0. The predicted molar refractivity (Wildman–Crippen MR) is 66.4 cm³/mol. The molecular formula is C13H16F3NO2. The average molecular weight is 275 g/mol. The molecule has 0 aliphatic carbocycles. The fourth-order valence-corrected chi connectivity index (χ4v) is 1.87. The summed E-state index contributed by atoms with van der Waals surface area (Å²) in [5.74, 6) is 0. The number of alkyl halides is 3. The number of nitrogens with zero attached hydrogens (tertiary/aromatic N) is 1. The number of hydrogen-bond donors (Lipinski definition) is 1. The molecule has 1 rings (SSSR count). The van der Waals surface area contributed by atoms with Crippen LogP contribution in [0.1, 0.15) is 29.8 Å². The van der Waals surface area contributed by atoms with E-state index in [-0.39, 0.29) is 30.4 Å². The highest BCUT2D eigenvalue weighted by atomic mass is 19.4. The number of halogens is 3. The van der Waals surface area contributed by atoms with E-state index in [0.29, 0.717) is 6.29 Å². The third kappa shape index (κ3) is 3.70. The number of aldehydes is 1. The van der Waals surface area contributed by atoms with Crippen molar-refractivity contribution >= 4 is 12.0 Å². The topological polar surface area (TPSA) is 40.5 Å². The molecule has 0 amide bonds. The Balaban J connectivity index is 3.36. The molecule has 1 N–H and O–H groups in total. The Kier molecular flexibility index (Phi) is 4.94. The lowest BCUT2D eigenvalue weighted by Gasteiger charge is -2.30. The molecular weight excluding hydrogens is 259 g/mol. The van der Waals surface area contributed by atoms with E-state index in [1.54, 1.807) is 13.8 Å². The van der Waals surface area contributed by atoms with E-state index in [1.165, 1.54) is 17.0 Å². The van der Waals surface area contributed by atoms with Crippen LogP contribution in [0.15, 0.2) is 18.2 Å². The van der Waals surface area contributed by atoms with E-state index < -0.39 is 11.7 Å². The first-order valence-corrected chi connectivity index (χ1v) is 5.85. The first-order valence-electron chi connectivity index (χ1n) is 5.85. The van der Waals surface area contributed by atoms with Gasteiger partial charge >= 0.3 is 6.18 Å². The summed E-state index contributed by atoms with van der Waals surface area (Å²) in [6.45, 7) is 3.33. The molecule has 6 heteroatoms. The van der Waals surface area contributed by atoms with Crippen molar-refractivity contribution < 1.29 is 23.1 Å². The highest BCUT2D eigenvalue weighted by Crippen LogP contribution is 2.37. The molecule has 3 nitrogen and oxygen atoms in total. The summed E-state index contributed by atoms with van der Waals surface area (Å²) in [6.07, 6.45) is -4.16. The Morgan fingerprint density at radius 3 is 2.42 bits per heavy atom. The maximum absolute atomic E-state index is 13.0. The van der Waals surface area contributed by atoms with Crippen molar-refractivity contribution in [3.8, 4) is 0 Å². The van der Waals surface area contributed by atoms with Crippen molar-refractivity contribution in [2.75, 3.05) is 18.1 Å². The molecule has 1 aromatic carbocycles. The number of hydrogen-bond acceptors (Lipinski definition) is 3. The van der Waals surface area contributed by atoms with Crippen molar-refractivity contribution in [1.29, 1.82) is 0 Å². The highest BCUT2D eigenvalue weighted by molar-refractivity contribution is 5.77. The lowest BCUT2D eigenvalue weighted by molar-refractivity contribution is -0.137. The van der Waals surface area contributed by atoms with Gasteiger partial charge in [-0.25, -0.2) is 0 Å². The Morgan fingerprint density at radius 1 is 1.37 bits per heavy atom. The predicted octanol–water partition coefficient (Wildman–Crippen LogP) is 2.73. The van der Waals surface area contributed by atoms with Crippen molar-refractivity contribution in [2.45, 2.75) is 26.1 Å². The summed E-state index contributed by atoms with van der Waals surface area (Å²) in [6, 6.07) is 3.23. The van der Waals surface area contributed by atoms with E-state index in [2.05, 4.69) is 0 Å². The SMILES string of the molecule is CC(C)N(CCO)c1ccc(C=O)cc1C(F)(F)F. The Bertz CT molecular complexity index is 444. The Morgan fingerprint density at radius 2 is 2.00 bits per heavy atom. The van der Waals surface area contributed by atoms with Crippen LogP contribution in [0, 0.1) is 0 Å². The molecule has 0 aliphatic heterocycles. The maximum Gasteiger partial charge on any atom is 0.418 e. The average Bonchev–Trinajstić information content (AvgIpc) is 2.34. The second kappa shape index (κ2) is 6.06. The minimum absolute atomic E-state index is 0.0243. The molecule has 106 valence electrons. The fraction of sp³-hybridized carbons (Fsp3) is 0.462. The second-order valence-electron chi connectivity index (χ2n) is 4.40. The first-order chi connectivity index (χ1) is 8.81. The molecule has 0 atom stereocenters. The molecule has 0 spiro atoms. The molecule has 0 radical (unpaired) electrons. The lowest BCUT2D eigenvalue weighted by atomic mass is 10.1. The zero-order chi connectivity index (χ0) is 14.6. The molecule has 0 saturated carbocycles. The zero-order valence-corrected chi connectivity index (χ0v) is 10.7. The van der Waals surface area contributed by atoms with Gasteiger partial charge in [0, 0.05) is 23.8 Å². The summed E-state index contributed by atoms with van der Waals surface area (Å²) < 4.78 is 39.1. The summed E-state index contributed by atoms with van der Waals surface area (Å²) in [4.78, 5) is 12.1. The van der Waals surface area contributed by atoms with Gasteiger partial charge in [0.15, 0.2) is 0 Å². The van der Waals surface area contributed by atoms with Crippen LogP contribution in [0.3, 0.4) is 0 Å². The van der Waals surface area contributed by atoms with E-state index in [1.807, 2.05) is 0 Å². The van der Waals surface area contributed by atoms with Gasteiger partial charge in [-0.1, -0.05) is 0 Å². The third-order valence-corrected chi connectivity index (χ3v) is 2.74. The largest absolute Gasteiger partial charge is 0.418 e. The molecule has 0 aromatic heterocycles. The monoisotopic (exact) mass is 275 g/mol. The minimum atomic E-state index is -4.54. The van der Waals surface area contributed by atoms with Gasteiger partial charge in [-0.3, -0.25) is 4.79 Å². The van der Waals surface area contributed by atoms with Crippen LogP contribution in [-0.4, -0.2) is 30.6 Å². The van der Waals surface area contributed by atoms with Crippen LogP contribution in [0.25, 0.3) is 0 Å². The number of carbonyl (C=O) groups is 1. The van der Waals surface area contributed by atoms with Crippen molar-refractivity contribution in [3.05, 3.63) is 29.3 Å². The summed E-state index contributed by atoms with van der Waals surface area (Å²) in [5.41, 5.74) is -0.912. The minimum Gasteiger partial charge on any atom is -0.395 e. The second-order valence-corrected chi connectivity index (χ2v) is 4.40. The van der Waals surface area contributed by atoms with Gasteiger partial charge in [-0.15, -0.1) is 0 Å². The van der Waals surface area contributed by atoms with Gasteiger partial charge in [-0.05, 0) is 32.0 Å². The molecule has 0 saturated heterocycles. The van der Waals surface area contributed by atoms with E-state index in [0.717, 1.165) is 6.07 Å². The number of rotatable bonds is 5. The molecule has 0 unspecified atom stereocenters. The van der Waals surface area contributed by atoms with E-state index in [9.17, 15) is 18.0 Å². The van der Waals surface area contributed by atoms with Crippen molar-refractivity contribution in [2.24, 2.45) is 0 Å². The zero-order valence-electron chi connectivity index (χ0n) is 10.7. The Hall–Kier alpha value is -1.56. The summed E-state index contributed by atoms with van der Waals surface area (Å²) >= 11 is 0. The van der Waals surface area contributed by atoms with Gasteiger partial charge < -0.3 is 10.0 Å². The molecule has 1 aromatic rings. The Labute approximate surface area is 109 Å². The first kappa shape index (κ1) is 15.5. The van der Waals surface area contributed by atoms with E-state index in [4.69, 9.17) is 5.11 Å². The van der Waals surface area contributed by atoms with Gasteiger partial charge in [0.2, 0.25) is 0 Å². The van der Waals surface area contributed by atoms with Crippen LogP contribution in [0.4, 0.5) is 18.9 Å². The molecule has 0 bridgehead atoms. The van der Waals surface area contributed by atoms with Crippen LogP contribution >= 0.6 is 0 Å².